The molecule has 0 atom stereocenters. The highest BCUT2D eigenvalue weighted by molar-refractivity contribution is 7.23. The highest BCUT2D eigenvalue weighted by atomic mass is 35.5. The normalized spacial score (nSPS) is 12.0. The van der Waals surface area contributed by atoms with Crippen LogP contribution in [-0.4, -0.2) is 10.2 Å². The SMILES string of the molecule is FC(F)(F)c1cccc(-c2nnc(-c3sc4cc(Cl)ccc4c3Cl)o2)c1. The first-order valence-electron chi connectivity index (χ1n) is 7.22. The minimum atomic E-state index is -4.45. The average Bonchev–Trinajstić information content (AvgIpc) is 3.19. The summed E-state index contributed by atoms with van der Waals surface area (Å²) in [7, 11) is 0. The molecule has 2 heterocycles. The van der Waals surface area contributed by atoms with Gasteiger partial charge in [0, 0.05) is 20.7 Å². The van der Waals surface area contributed by atoms with Crippen LogP contribution in [-0.2, 0) is 6.18 Å². The highest BCUT2D eigenvalue weighted by Crippen LogP contribution is 2.43. The molecule has 0 saturated carbocycles. The van der Waals surface area contributed by atoms with Crippen LogP contribution in [0.3, 0.4) is 0 Å². The third kappa shape index (κ3) is 3.06. The molecule has 0 aliphatic heterocycles. The van der Waals surface area contributed by atoms with Gasteiger partial charge in [-0.1, -0.05) is 35.3 Å². The van der Waals surface area contributed by atoms with Gasteiger partial charge in [-0.25, -0.2) is 0 Å². The van der Waals surface area contributed by atoms with Crippen LogP contribution in [0.4, 0.5) is 13.2 Å². The van der Waals surface area contributed by atoms with Crippen LogP contribution < -0.4 is 0 Å². The van der Waals surface area contributed by atoms with E-state index in [2.05, 4.69) is 10.2 Å². The number of nitrogens with zero attached hydrogens (tertiary/aromatic N) is 2. The summed E-state index contributed by atoms with van der Waals surface area (Å²) in [6, 6.07) is 9.96. The first kappa shape index (κ1) is 17.3. The first-order valence-corrected chi connectivity index (χ1v) is 8.79. The summed E-state index contributed by atoms with van der Waals surface area (Å²) in [5.74, 6) is 0.123. The summed E-state index contributed by atoms with van der Waals surface area (Å²) in [6.45, 7) is 0. The molecule has 0 N–H and O–H groups in total. The van der Waals surface area contributed by atoms with Gasteiger partial charge in [-0.15, -0.1) is 21.5 Å². The van der Waals surface area contributed by atoms with Crippen LogP contribution in [0.2, 0.25) is 10.0 Å². The van der Waals surface area contributed by atoms with E-state index in [9.17, 15) is 13.2 Å². The van der Waals surface area contributed by atoms with Crippen LogP contribution in [0.5, 0.6) is 0 Å². The van der Waals surface area contributed by atoms with Crippen molar-refractivity contribution in [3.63, 3.8) is 0 Å². The molecular formula is C17H7Cl2F3N2OS. The Balaban J connectivity index is 1.77. The van der Waals surface area contributed by atoms with Gasteiger partial charge in [-0.2, -0.15) is 13.2 Å². The van der Waals surface area contributed by atoms with Crippen molar-refractivity contribution in [1.82, 2.24) is 10.2 Å². The Morgan fingerprint density at radius 2 is 1.73 bits per heavy atom. The lowest BCUT2D eigenvalue weighted by Crippen LogP contribution is -2.04. The Kier molecular flexibility index (Phi) is 4.17. The number of hydrogen-bond donors (Lipinski definition) is 0. The average molecular weight is 415 g/mol. The van der Waals surface area contributed by atoms with Gasteiger partial charge in [-0.3, -0.25) is 0 Å². The molecule has 4 rings (SSSR count). The molecule has 2 aromatic heterocycles. The predicted octanol–water partition coefficient (Wildman–Crippen LogP) is 6.94. The maximum Gasteiger partial charge on any atom is 0.416 e. The smallest absolute Gasteiger partial charge is 0.415 e. The zero-order valence-electron chi connectivity index (χ0n) is 12.6. The Labute approximate surface area is 159 Å². The van der Waals surface area contributed by atoms with E-state index in [-0.39, 0.29) is 17.3 Å². The summed E-state index contributed by atoms with van der Waals surface area (Å²) >= 11 is 13.7. The van der Waals surface area contributed by atoms with Crippen molar-refractivity contribution in [2.24, 2.45) is 0 Å². The lowest BCUT2D eigenvalue weighted by Gasteiger charge is -2.06. The molecule has 132 valence electrons. The maximum atomic E-state index is 12.9. The molecule has 0 bridgehead atoms. The summed E-state index contributed by atoms with van der Waals surface area (Å²) in [5, 5.41) is 9.57. The zero-order valence-corrected chi connectivity index (χ0v) is 15.0. The Bertz CT molecular complexity index is 1120. The molecule has 0 aliphatic rings. The molecule has 3 nitrogen and oxygen atoms in total. The monoisotopic (exact) mass is 414 g/mol. The van der Waals surface area contributed by atoms with Crippen LogP contribution in [0.1, 0.15) is 5.56 Å². The molecule has 0 aliphatic carbocycles. The molecule has 0 saturated heterocycles. The van der Waals surface area contributed by atoms with Crippen molar-refractivity contribution in [2.75, 3.05) is 0 Å². The molecule has 0 radical (unpaired) electrons. The number of halogens is 5. The highest BCUT2D eigenvalue weighted by Gasteiger charge is 2.31. The number of hydrogen-bond acceptors (Lipinski definition) is 4. The second kappa shape index (κ2) is 6.26. The third-order valence-corrected chi connectivity index (χ3v) is 5.53. The quantitative estimate of drug-likeness (QED) is 0.356. The van der Waals surface area contributed by atoms with Crippen LogP contribution in [0.25, 0.3) is 32.3 Å². The van der Waals surface area contributed by atoms with E-state index in [1.165, 1.54) is 23.5 Å². The lowest BCUT2D eigenvalue weighted by atomic mass is 10.1. The minimum absolute atomic E-state index is 0.0161. The third-order valence-electron chi connectivity index (χ3n) is 3.65. The molecule has 26 heavy (non-hydrogen) atoms. The molecule has 9 heteroatoms. The molecule has 0 fully saturated rings. The number of thiophene rings is 1. The van der Waals surface area contributed by atoms with E-state index in [1.54, 1.807) is 18.2 Å². The maximum absolute atomic E-state index is 12.9. The van der Waals surface area contributed by atoms with Gasteiger partial charge in [0.15, 0.2) is 0 Å². The lowest BCUT2D eigenvalue weighted by molar-refractivity contribution is -0.137. The van der Waals surface area contributed by atoms with Crippen LogP contribution in [0, 0.1) is 0 Å². The Hall–Kier alpha value is -2.09. The van der Waals surface area contributed by atoms with Crippen molar-refractivity contribution < 1.29 is 17.6 Å². The topological polar surface area (TPSA) is 38.9 Å². The standard InChI is InChI=1S/C17H7Cl2F3N2OS/c18-10-4-5-11-12(7-10)26-14(13(11)19)16-24-23-15(25-16)8-2-1-3-9(6-8)17(20,21)22/h1-7H. The minimum Gasteiger partial charge on any atom is -0.415 e. The number of fused-ring (bicyclic) bond motifs is 1. The fourth-order valence-electron chi connectivity index (χ4n) is 2.44. The summed E-state index contributed by atoms with van der Waals surface area (Å²) < 4.78 is 45.0. The Morgan fingerprint density at radius 1 is 0.962 bits per heavy atom. The fraction of sp³-hybridized carbons (Fsp3) is 0.0588. The molecular weight excluding hydrogens is 408 g/mol. The van der Waals surface area contributed by atoms with Gasteiger partial charge in [0.2, 0.25) is 5.89 Å². The van der Waals surface area contributed by atoms with Crippen molar-refractivity contribution in [3.05, 3.63) is 58.1 Å². The van der Waals surface area contributed by atoms with Crippen molar-refractivity contribution in [3.8, 4) is 22.2 Å². The Morgan fingerprint density at radius 3 is 2.50 bits per heavy atom. The summed E-state index contributed by atoms with van der Waals surface area (Å²) in [6.07, 6.45) is -4.45. The van der Waals surface area contributed by atoms with E-state index in [0.717, 1.165) is 22.2 Å². The van der Waals surface area contributed by atoms with Gasteiger partial charge in [0.05, 0.1) is 10.6 Å². The summed E-state index contributed by atoms with van der Waals surface area (Å²) in [5.41, 5.74) is -0.608. The predicted molar refractivity (Wildman–Crippen MR) is 95.6 cm³/mol. The molecule has 0 amide bonds. The van der Waals surface area contributed by atoms with E-state index >= 15 is 0 Å². The van der Waals surface area contributed by atoms with Gasteiger partial charge < -0.3 is 4.42 Å². The van der Waals surface area contributed by atoms with Crippen molar-refractivity contribution in [1.29, 1.82) is 0 Å². The molecule has 0 spiro atoms. The largest absolute Gasteiger partial charge is 0.416 e. The van der Waals surface area contributed by atoms with Crippen molar-refractivity contribution in [2.45, 2.75) is 6.18 Å². The fourth-order valence-corrected chi connectivity index (χ4v) is 4.15. The number of aromatic nitrogens is 2. The van der Waals surface area contributed by atoms with Gasteiger partial charge in [0.25, 0.3) is 5.89 Å². The molecule has 4 aromatic rings. The van der Waals surface area contributed by atoms with Gasteiger partial charge in [-0.05, 0) is 30.3 Å². The number of alkyl halides is 3. The number of benzene rings is 2. The number of rotatable bonds is 2. The molecule has 2 aromatic carbocycles. The summed E-state index contributed by atoms with van der Waals surface area (Å²) in [4.78, 5) is 0.537. The van der Waals surface area contributed by atoms with E-state index in [1.807, 2.05) is 0 Å². The van der Waals surface area contributed by atoms with E-state index < -0.39 is 11.7 Å². The van der Waals surface area contributed by atoms with Crippen LogP contribution in [0.15, 0.2) is 46.9 Å². The second-order valence-electron chi connectivity index (χ2n) is 5.38. The van der Waals surface area contributed by atoms with Crippen molar-refractivity contribution >= 4 is 44.6 Å². The first-order chi connectivity index (χ1) is 12.3. The molecule has 0 unspecified atom stereocenters. The zero-order chi connectivity index (χ0) is 18.5. The van der Waals surface area contributed by atoms with E-state index in [4.69, 9.17) is 27.6 Å². The van der Waals surface area contributed by atoms with E-state index in [0.29, 0.717) is 14.9 Å². The van der Waals surface area contributed by atoms with Crippen LogP contribution >= 0.6 is 34.5 Å². The van der Waals surface area contributed by atoms with Gasteiger partial charge in [0.1, 0.15) is 4.88 Å². The second-order valence-corrected chi connectivity index (χ2v) is 7.24. The van der Waals surface area contributed by atoms with Gasteiger partial charge >= 0.3 is 6.18 Å².